The maximum absolute atomic E-state index is 9.82. The lowest BCUT2D eigenvalue weighted by molar-refractivity contribution is 0.171. The van der Waals surface area contributed by atoms with Gasteiger partial charge in [0, 0.05) is 0 Å². The van der Waals surface area contributed by atoms with Crippen LogP contribution in [0.15, 0.2) is 12.1 Å². The summed E-state index contributed by atoms with van der Waals surface area (Å²) < 4.78 is 10.5. The number of hydrogen-bond acceptors (Lipinski definition) is 4. The number of ether oxygens (including phenoxy) is 2. The van der Waals surface area contributed by atoms with Gasteiger partial charge < -0.3 is 19.9 Å². The number of phenolic OH excluding ortho intramolecular Hbond substituents is 1. The number of hydrogen-bond donors (Lipinski definition) is 2. The van der Waals surface area contributed by atoms with Gasteiger partial charge in [0.2, 0.25) is 12.5 Å². The van der Waals surface area contributed by atoms with E-state index in [1.165, 1.54) is 12.8 Å². The molecule has 4 nitrogen and oxygen atoms in total. The molecule has 17 heavy (non-hydrogen) atoms. The van der Waals surface area contributed by atoms with Gasteiger partial charge in [-0.05, 0) is 56.0 Å². The highest BCUT2D eigenvalue weighted by Gasteiger charge is 2.21. The van der Waals surface area contributed by atoms with Gasteiger partial charge in [0.15, 0.2) is 11.5 Å². The predicted molar refractivity (Wildman–Crippen MR) is 63.5 cm³/mol. The Morgan fingerprint density at radius 3 is 2.88 bits per heavy atom. The van der Waals surface area contributed by atoms with E-state index >= 15 is 0 Å². The number of nitrogens with one attached hydrogen (secondary N) is 1. The van der Waals surface area contributed by atoms with Gasteiger partial charge in [-0.1, -0.05) is 0 Å². The van der Waals surface area contributed by atoms with E-state index in [1.807, 2.05) is 6.07 Å². The van der Waals surface area contributed by atoms with Gasteiger partial charge in [-0.3, -0.25) is 0 Å². The number of piperidine rings is 1. The molecule has 0 atom stereocenters. The van der Waals surface area contributed by atoms with Crippen molar-refractivity contribution in [2.75, 3.05) is 19.9 Å². The van der Waals surface area contributed by atoms with Crippen molar-refractivity contribution < 1.29 is 14.6 Å². The van der Waals surface area contributed by atoms with Crippen molar-refractivity contribution in [3.63, 3.8) is 0 Å². The summed E-state index contributed by atoms with van der Waals surface area (Å²) in [5.74, 6) is 2.06. The second-order valence-corrected chi connectivity index (χ2v) is 4.75. The third kappa shape index (κ3) is 2.17. The van der Waals surface area contributed by atoms with Crippen molar-refractivity contribution in [1.29, 1.82) is 0 Å². The fourth-order valence-electron chi connectivity index (χ4n) is 2.58. The number of phenols is 1. The third-order valence-corrected chi connectivity index (χ3v) is 3.50. The highest BCUT2D eigenvalue weighted by atomic mass is 16.7. The number of benzene rings is 1. The minimum absolute atomic E-state index is 0.198. The fraction of sp³-hybridized carbons (Fsp3) is 0.538. The van der Waals surface area contributed by atoms with Crippen molar-refractivity contribution in [2.45, 2.75) is 19.3 Å². The predicted octanol–water partition coefficient (Wildman–Crippen LogP) is 1.66. The molecule has 92 valence electrons. The first-order valence-corrected chi connectivity index (χ1v) is 6.15. The largest absolute Gasteiger partial charge is 0.504 e. The molecule has 4 heteroatoms. The zero-order valence-corrected chi connectivity index (χ0v) is 9.74. The molecule has 0 unspecified atom stereocenters. The Labute approximate surface area is 101 Å². The van der Waals surface area contributed by atoms with E-state index < -0.39 is 0 Å². The zero-order valence-electron chi connectivity index (χ0n) is 9.74. The summed E-state index contributed by atoms with van der Waals surface area (Å²) in [6.07, 6.45) is 3.41. The second kappa shape index (κ2) is 4.45. The van der Waals surface area contributed by atoms with Crippen LogP contribution in [0.2, 0.25) is 0 Å². The van der Waals surface area contributed by atoms with E-state index in [4.69, 9.17) is 9.47 Å². The van der Waals surface area contributed by atoms with Crippen LogP contribution in [-0.4, -0.2) is 25.0 Å². The molecule has 0 aromatic heterocycles. The molecule has 1 saturated heterocycles. The van der Waals surface area contributed by atoms with Crippen LogP contribution in [0, 0.1) is 5.92 Å². The van der Waals surface area contributed by atoms with Crippen LogP contribution in [0.1, 0.15) is 18.4 Å². The minimum Gasteiger partial charge on any atom is -0.504 e. The van der Waals surface area contributed by atoms with Crippen LogP contribution in [0.5, 0.6) is 17.2 Å². The summed E-state index contributed by atoms with van der Waals surface area (Å²) in [6, 6.07) is 3.79. The molecular weight excluding hydrogens is 218 g/mol. The number of aromatic hydroxyl groups is 1. The Hall–Kier alpha value is -1.42. The average molecular weight is 235 g/mol. The molecule has 3 rings (SSSR count). The topological polar surface area (TPSA) is 50.7 Å². The van der Waals surface area contributed by atoms with E-state index in [0.717, 1.165) is 25.1 Å². The van der Waals surface area contributed by atoms with Gasteiger partial charge in [-0.15, -0.1) is 0 Å². The molecule has 2 N–H and O–H groups in total. The van der Waals surface area contributed by atoms with Crippen LogP contribution in [0.25, 0.3) is 0 Å². The Kier molecular flexibility index (Phi) is 2.81. The lowest BCUT2D eigenvalue weighted by Crippen LogP contribution is -2.28. The maximum Gasteiger partial charge on any atom is 0.231 e. The molecule has 0 spiro atoms. The summed E-state index contributed by atoms with van der Waals surface area (Å²) in [5, 5.41) is 13.2. The normalized spacial score (nSPS) is 19.5. The molecule has 2 aliphatic rings. The minimum atomic E-state index is 0.198. The standard InChI is InChI=1S/C13H17NO3/c15-11-6-10(5-9-1-3-14-4-2-9)7-12-13(11)17-8-16-12/h6-7,9,14-15H,1-5,8H2. The molecule has 0 radical (unpaired) electrons. The molecule has 2 heterocycles. The highest BCUT2D eigenvalue weighted by molar-refractivity contribution is 5.54. The van der Waals surface area contributed by atoms with E-state index in [9.17, 15) is 5.11 Å². The molecule has 2 aliphatic heterocycles. The van der Waals surface area contributed by atoms with Crippen molar-refractivity contribution in [3.05, 3.63) is 17.7 Å². The zero-order chi connectivity index (χ0) is 11.7. The van der Waals surface area contributed by atoms with Crippen LogP contribution in [-0.2, 0) is 6.42 Å². The van der Waals surface area contributed by atoms with Crippen LogP contribution < -0.4 is 14.8 Å². The van der Waals surface area contributed by atoms with Crippen molar-refractivity contribution >= 4 is 0 Å². The summed E-state index contributed by atoms with van der Waals surface area (Å²) in [6.45, 7) is 2.40. The Balaban J connectivity index is 1.76. The number of fused-ring (bicyclic) bond motifs is 1. The van der Waals surface area contributed by atoms with Gasteiger partial charge >= 0.3 is 0 Å². The van der Waals surface area contributed by atoms with Gasteiger partial charge in [0.1, 0.15) is 0 Å². The molecule has 0 aliphatic carbocycles. The molecule has 1 aromatic rings. The summed E-state index contributed by atoms with van der Waals surface area (Å²) >= 11 is 0. The van der Waals surface area contributed by atoms with Crippen LogP contribution >= 0.6 is 0 Å². The molecular formula is C13H17NO3. The monoisotopic (exact) mass is 235 g/mol. The molecule has 0 amide bonds. The lowest BCUT2D eigenvalue weighted by atomic mass is 9.91. The Bertz CT molecular complexity index is 413. The smallest absolute Gasteiger partial charge is 0.231 e. The van der Waals surface area contributed by atoms with Crippen molar-refractivity contribution in [1.82, 2.24) is 5.32 Å². The van der Waals surface area contributed by atoms with E-state index in [1.54, 1.807) is 6.07 Å². The summed E-state index contributed by atoms with van der Waals surface area (Å²) in [5.41, 5.74) is 1.14. The Morgan fingerprint density at radius 2 is 2.06 bits per heavy atom. The Morgan fingerprint density at radius 1 is 1.24 bits per heavy atom. The average Bonchev–Trinajstić information content (AvgIpc) is 2.79. The van der Waals surface area contributed by atoms with Crippen molar-refractivity contribution in [2.24, 2.45) is 5.92 Å². The maximum atomic E-state index is 9.82. The number of rotatable bonds is 2. The van der Waals surface area contributed by atoms with E-state index in [-0.39, 0.29) is 12.5 Å². The molecule has 0 saturated carbocycles. The van der Waals surface area contributed by atoms with Crippen LogP contribution in [0.4, 0.5) is 0 Å². The van der Waals surface area contributed by atoms with Gasteiger partial charge in [-0.2, -0.15) is 0 Å². The van der Waals surface area contributed by atoms with Crippen LogP contribution in [0.3, 0.4) is 0 Å². The first-order chi connectivity index (χ1) is 8.33. The van der Waals surface area contributed by atoms with E-state index in [0.29, 0.717) is 17.4 Å². The fourth-order valence-corrected chi connectivity index (χ4v) is 2.58. The van der Waals surface area contributed by atoms with Gasteiger partial charge in [0.25, 0.3) is 0 Å². The second-order valence-electron chi connectivity index (χ2n) is 4.75. The van der Waals surface area contributed by atoms with E-state index in [2.05, 4.69) is 5.32 Å². The first kappa shape index (κ1) is 10.7. The van der Waals surface area contributed by atoms with Gasteiger partial charge in [-0.25, -0.2) is 0 Å². The molecule has 1 aromatic carbocycles. The molecule has 1 fully saturated rings. The SMILES string of the molecule is Oc1cc(CC2CCNCC2)cc2c1OCO2. The quantitative estimate of drug-likeness (QED) is 0.818. The summed E-state index contributed by atoms with van der Waals surface area (Å²) in [4.78, 5) is 0. The van der Waals surface area contributed by atoms with Crippen molar-refractivity contribution in [3.8, 4) is 17.2 Å². The summed E-state index contributed by atoms with van der Waals surface area (Å²) in [7, 11) is 0. The highest BCUT2D eigenvalue weighted by Crippen LogP contribution is 2.41. The van der Waals surface area contributed by atoms with Gasteiger partial charge in [0.05, 0.1) is 0 Å². The molecule has 0 bridgehead atoms. The first-order valence-electron chi connectivity index (χ1n) is 6.15. The third-order valence-electron chi connectivity index (χ3n) is 3.50. The lowest BCUT2D eigenvalue weighted by Gasteiger charge is -2.22.